The van der Waals surface area contributed by atoms with Crippen molar-refractivity contribution in [3.8, 4) is 33.6 Å². The fraction of sp³-hybridized carbons (Fsp3) is 0.436. The van der Waals surface area contributed by atoms with E-state index in [1.807, 2.05) is 62.4 Å². The van der Waals surface area contributed by atoms with E-state index >= 15 is 0 Å². The highest BCUT2D eigenvalue weighted by molar-refractivity contribution is 5.87. The average Bonchev–Trinajstić information content (AvgIpc) is 4.02. The molecular formula is C39H48N8O7. The number of alkyl carbamates (subject to hydrolysis) is 1. The van der Waals surface area contributed by atoms with Crippen LogP contribution in [-0.4, -0.2) is 103 Å². The first kappa shape index (κ1) is 38.0. The number of benzene rings is 2. The number of carbonyl (C=O) groups is 4. The van der Waals surface area contributed by atoms with Crippen molar-refractivity contribution in [2.24, 2.45) is 11.8 Å². The molecule has 2 aromatic heterocycles. The maximum atomic E-state index is 13.6. The van der Waals surface area contributed by atoms with E-state index in [-0.39, 0.29) is 36.4 Å². The Labute approximate surface area is 313 Å². The second kappa shape index (κ2) is 16.5. The second-order valence-corrected chi connectivity index (χ2v) is 14.3. The minimum atomic E-state index is -1.22. The minimum absolute atomic E-state index is 0.192. The summed E-state index contributed by atoms with van der Waals surface area (Å²) in [7, 11) is 1.23. The third-order valence-electron chi connectivity index (χ3n) is 10.4. The van der Waals surface area contributed by atoms with Crippen molar-refractivity contribution in [1.82, 2.24) is 40.4 Å². The lowest BCUT2D eigenvalue weighted by Gasteiger charge is -2.30. The third-order valence-corrected chi connectivity index (χ3v) is 10.4. The van der Waals surface area contributed by atoms with E-state index in [4.69, 9.17) is 4.74 Å². The average molecular weight is 741 g/mol. The van der Waals surface area contributed by atoms with Crippen molar-refractivity contribution >= 4 is 24.0 Å². The molecule has 0 aliphatic carbocycles. The molecule has 5 atom stereocenters. The molecule has 2 aromatic carbocycles. The summed E-state index contributed by atoms with van der Waals surface area (Å²) in [5, 5.41) is 24.0. The van der Waals surface area contributed by atoms with E-state index in [0.29, 0.717) is 24.7 Å². The molecule has 15 heteroatoms. The molecule has 2 aliphatic heterocycles. The molecule has 15 nitrogen and oxygen atoms in total. The summed E-state index contributed by atoms with van der Waals surface area (Å²) in [5.41, 5.74) is 5.58. The summed E-state index contributed by atoms with van der Waals surface area (Å²) >= 11 is 0. The molecular weight excluding hydrogens is 692 g/mol. The molecule has 0 saturated carbocycles. The van der Waals surface area contributed by atoms with Gasteiger partial charge in [0, 0.05) is 25.6 Å². The van der Waals surface area contributed by atoms with Gasteiger partial charge in [-0.05, 0) is 53.9 Å². The van der Waals surface area contributed by atoms with Crippen LogP contribution in [0.2, 0.25) is 0 Å². The summed E-state index contributed by atoms with van der Waals surface area (Å²) < 4.78 is 4.71. The standard InChI is InChI=1S/C39H48N8O7/c1-22(2)32(44-38(51)52)36(49)46-17-5-7-30(46)34-40-19-28(42-34)26-13-9-24(10-14-26)25-11-15-27(16-12-25)29-20-41-35(43-29)31-8-6-18-47(31)37(50)33(23(3)21-48)45-39(53)54-4/h9-16,19-20,22-23,30-33,44,48H,5-8,17-18,21H2,1-4H3,(H,40,42)(H,41,43)(H,45,53)(H,51,52)/t23-,30+,31+,32+,33+/m1/s1. The summed E-state index contributed by atoms with van der Waals surface area (Å²) in [5.74, 6) is 0.122. The predicted molar refractivity (Wildman–Crippen MR) is 200 cm³/mol. The first-order valence-electron chi connectivity index (χ1n) is 18.4. The Kier molecular flexibility index (Phi) is 11.6. The van der Waals surface area contributed by atoms with E-state index < -0.39 is 30.2 Å². The quantitative estimate of drug-likeness (QED) is 0.114. The largest absolute Gasteiger partial charge is 0.465 e. The number of likely N-dealkylation sites (tertiary alicyclic amines) is 2. The summed E-state index contributed by atoms with van der Waals surface area (Å²) in [6, 6.07) is 13.9. The number of aliphatic hydroxyl groups is 1. The molecule has 4 heterocycles. The van der Waals surface area contributed by atoms with E-state index in [1.54, 1.807) is 29.1 Å². The summed E-state index contributed by atoms with van der Waals surface area (Å²) in [4.78, 5) is 69.7. The van der Waals surface area contributed by atoms with Gasteiger partial charge >= 0.3 is 12.2 Å². The topological polar surface area (TPSA) is 206 Å². The number of H-pyrrole nitrogens is 2. The van der Waals surface area contributed by atoms with Crippen molar-refractivity contribution in [1.29, 1.82) is 0 Å². The smallest absolute Gasteiger partial charge is 0.407 e. The summed E-state index contributed by atoms with van der Waals surface area (Å²) in [6.45, 7) is 6.14. The van der Waals surface area contributed by atoms with Crippen LogP contribution in [0.15, 0.2) is 60.9 Å². The Morgan fingerprint density at radius 1 is 0.759 bits per heavy atom. The summed E-state index contributed by atoms with van der Waals surface area (Å²) in [6.07, 6.45) is 4.63. The Hall–Kier alpha value is -5.70. The number of aliphatic hydroxyl groups excluding tert-OH is 1. The maximum Gasteiger partial charge on any atom is 0.407 e. The van der Waals surface area contributed by atoms with Gasteiger partial charge in [0.1, 0.15) is 23.7 Å². The number of aromatic amines is 2. The van der Waals surface area contributed by atoms with Gasteiger partial charge in [0.15, 0.2) is 0 Å². The van der Waals surface area contributed by atoms with Crippen LogP contribution in [0.1, 0.15) is 70.2 Å². The van der Waals surface area contributed by atoms with Crippen LogP contribution in [0.5, 0.6) is 0 Å². The number of hydrogen-bond acceptors (Lipinski definition) is 8. The zero-order valence-electron chi connectivity index (χ0n) is 30.9. The highest BCUT2D eigenvalue weighted by atomic mass is 16.5. The number of imidazole rings is 2. The lowest BCUT2D eigenvalue weighted by Crippen LogP contribution is -2.52. The normalized spacial score (nSPS) is 18.7. The van der Waals surface area contributed by atoms with Crippen LogP contribution < -0.4 is 10.6 Å². The maximum absolute atomic E-state index is 13.6. The number of ether oxygens (including phenoxy) is 1. The number of aromatic nitrogens is 4. The molecule has 4 amide bonds. The van der Waals surface area contributed by atoms with Crippen LogP contribution in [0.4, 0.5) is 9.59 Å². The van der Waals surface area contributed by atoms with Gasteiger partial charge in [-0.15, -0.1) is 0 Å². The number of hydrogen-bond donors (Lipinski definition) is 6. The highest BCUT2D eigenvalue weighted by Crippen LogP contribution is 2.35. The molecule has 286 valence electrons. The molecule has 4 aromatic rings. The lowest BCUT2D eigenvalue weighted by molar-refractivity contribution is -0.136. The van der Waals surface area contributed by atoms with Gasteiger partial charge in [0.05, 0.1) is 43.0 Å². The van der Waals surface area contributed by atoms with E-state index in [1.165, 1.54) is 7.11 Å². The minimum Gasteiger partial charge on any atom is -0.465 e. The van der Waals surface area contributed by atoms with Crippen LogP contribution in [0.3, 0.4) is 0 Å². The highest BCUT2D eigenvalue weighted by Gasteiger charge is 2.39. The number of methoxy groups -OCH3 is 1. The molecule has 0 spiro atoms. The molecule has 6 N–H and O–H groups in total. The SMILES string of the molecule is COC(=O)N[C@H](C(=O)N1CCC[C@H]1c1ncc(-c2ccc(-c3ccc(-c4cnc([C@@H]5CCCN5C(=O)[C@@H](NC(=O)O)C(C)C)[nH]4)cc3)cc2)[nH]1)[C@H](C)CO. The van der Waals surface area contributed by atoms with Crippen LogP contribution in [0.25, 0.3) is 33.6 Å². The van der Waals surface area contributed by atoms with Gasteiger partial charge in [0.25, 0.3) is 0 Å². The predicted octanol–water partition coefficient (Wildman–Crippen LogP) is 5.11. The zero-order valence-corrected chi connectivity index (χ0v) is 30.9. The van der Waals surface area contributed by atoms with E-state index in [9.17, 15) is 29.4 Å². The van der Waals surface area contributed by atoms with Gasteiger partial charge in [-0.2, -0.15) is 0 Å². The number of carboxylic acid groups (broad SMARTS) is 1. The number of nitrogens with one attached hydrogen (secondary N) is 4. The van der Waals surface area contributed by atoms with Crippen molar-refractivity contribution < 1.29 is 34.1 Å². The Morgan fingerprint density at radius 2 is 1.20 bits per heavy atom. The van der Waals surface area contributed by atoms with Gasteiger partial charge in [-0.1, -0.05) is 69.3 Å². The van der Waals surface area contributed by atoms with E-state index in [2.05, 4.69) is 30.6 Å². The Bertz CT molecular complexity index is 1940. The zero-order chi connectivity index (χ0) is 38.5. The number of carbonyl (C=O) groups excluding carboxylic acids is 3. The van der Waals surface area contributed by atoms with Gasteiger partial charge in [-0.3, -0.25) is 9.59 Å². The second-order valence-electron chi connectivity index (χ2n) is 14.3. The molecule has 0 unspecified atom stereocenters. The van der Waals surface area contributed by atoms with Crippen LogP contribution in [-0.2, 0) is 14.3 Å². The molecule has 2 fully saturated rings. The number of amides is 4. The molecule has 6 rings (SSSR count). The van der Waals surface area contributed by atoms with Crippen molar-refractivity contribution in [2.75, 3.05) is 26.8 Å². The Morgan fingerprint density at radius 3 is 1.61 bits per heavy atom. The fourth-order valence-corrected chi connectivity index (χ4v) is 7.36. The first-order chi connectivity index (χ1) is 26.0. The fourth-order valence-electron chi connectivity index (χ4n) is 7.36. The molecule has 0 bridgehead atoms. The monoisotopic (exact) mass is 740 g/mol. The van der Waals surface area contributed by atoms with Gasteiger partial charge < -0.3 is 45.4 Å². The van der Waals surface area contributed by atoms with Crippen LogP contribution in [0, 0.1) is 11.8 Å². The van der Waals surface area contributed by atoms with Crippen molar-refractivity contribution in [2.45, 2.75) is 70.6 Å². The Balaban J connectivity index is 1.11. The van der Waals surface area contributed by atoms with E-state index in [0.717, 1.165) is 59.3 Å². The van der Waals surface area contributed by atoms with Crippen molar-refractivity contribution in [3.63, 3.8) is 0 Å². The number of rotatable bonds is 12. The molecule has 2 aliphatic rings. The van der Waals surface area contributed by atoms with Crippen molar-refractivity contribution in [3.05, 3.63) is 72.6 Å². The lowest BCUT2D eigenvalue weighted by atomic mass is 10.0. The van der Waals surface area contributed by atoms with Gasteiger partial charge in [0.2, 0.25) is 11.8 Å². The first-order valence-corrected chi connectivity index (χ1v) is 18.4. The third kappa shape index (κ3) is 8.10. The van der Waals surface area contributed by atoms with Crippen LogP contribution >= 0.6 is 0 Å². The molecule has 0 radical (unpaired) electrons. The van der Waals surface area contributed by atoms with Gasteiger partial charge in [-0.25, -0.2) is 19.6 Å². The molecule has 2 saturated heterocycles. The number of nitrogens with zero attached hydrogens (tertiary/aromatic N) is 4. The molecule has 54 heavy (non-hydrogen) atoms.